The van der Waals surface area contributed by atoms with Crippen molar-refractivity contribution in [2.75, 3.05) is 11.9 Å². The molecule has 0 aliphatic heterocycles. The number of carbonyl (C=O) groups excluding carboxylic acids is 1. The van der Waals surface area contributed by atoms with Gasteiger partial charge in [-0.25, -0.2) is 9.97 Å². The molecule has 3 aromatic rings. The SMILES string of the molecule is C[C@@H](N)CNC(=O)c1cc(-c2ccnc(Nc3cccc(Cl)c3)n2)ccn1. The Morgan fingerprint density at radius 2 is 2.00 bits per heavy atom. The second-order valence-electron chi connectivity index (χ2n) is 6.02. The van der Waals surface area contributed by atoms with Crippen LogP contribution in [0.25, 0.3) is 11.3 Å². The van der Waals surface area contributed by atoms with Crippen molar-refractivity contribution in [2.45, 2.75) is 13.0 Å². The lowest BCUT2D eigenvalue weighted by Gasteiger charge is -2.09. The normalized spacial score (nSPS) is 11.7. The van der Waals surface area contributed by atoms with E-state index >= 15 is 0 Å². The van der Waals surface area contributed by atoms with Crippen molar-refractivity contribution in [3.63, 3.8) is 0 Å². The van der Waals surface area contributed by atoms with Crippen molar-refractivity contribution in [3.8, 4) is 11.3 Å². The summed E-state index contributed by atoms with van der Waals surface area (Å²) in [4.78, 5) is 25.0. The van der Waals surface area contributed by atoms with Gasteiger partial charge in [0.2, 0.25) is 5.95 Å². The van der Waals surface area contributed by atoms with Gasteiger partial charge in [-0.15, -0.1) is 0 Å². The van der Waals surface area contributed by atoms with Crippen LogP contribution in [0, 0.1) is 0 Å². The summed E-state index contributed by atoms with van der Waals surface area (Å²) in [5.41, 5.74) is 8.17. The number of halogens is 1. The van der Waals surface area contributed by atoms with Gasteiger partial charge in [0, 0.05) is 41.3 Å². The highest BCUT2D eigenvalue weighted by molar-refractivity contribution is 6.30. The summed E-state index contributed by atoms with van der Waals surface area (Å²) in [6, 6.07) is 12.4. The minimum absolute atomic E-state index is 0.126. The number of carbonyl (C=O) groups is 1. The zero-order chi connectivity index (χ0) is 19.2. The fourth-order valence-electron chi connectivity index (χ4n) is 2.33. The second kappa shape index (κ2) is 8.57. The molecule has 7 nitrogen and oxygen atoms in total. The third-order valence-electron chi connectivity index (χ3n) is 3.61. The summed E-state index contributed by atoms with van der Waals surface area (Å²) in [6.45, 7) is 2.20. The Morgan fingerprint density at radius 3 is 2.78 bits per heavy atom. The molecule has 138 valence electrons. The Morgan fingerprint density at radius 1 is 1.19 bits per heavy atom. The van der Waals surface area contributed by atoms with E-state index in [1.165, 1.54) is 0 Å². The van der Waals surface area contributed by atoms with Crippen molar-refractivity contribution >= 4 is 29.1 Å². The molecule has 0 unspecified atom stereocenters. The van der Waals surface area contributed by atoms with E-state index in [1.807, 2.05) is 19.1 Å². The first kappa shape index (κ1) is 18.8. The van der Waals surface area contributed by atoms with Gasteiger partial charge in [-0.3, -0.25) is 9.78 Å². The van der Waals surface area contributed by atoms with E-state index in [1.54, 1.807) is 42.7 Å². The Kier molecular flexibility index (Phi) is 5.95. The molecular formula is C19H19ClN6O. The molecule has 2 aromatic heterocycles. The van der Waals surface area contributed by atoms with Gasteiger partial charge in [0.25, 0.3) is 5.91 Å². The average molecular weight is 383 g/mol. The van der Waals surface area contributed by atoms with Gasteiger partial charge in [-0.1, -0.05) is 17.7 Å². The molecule has 0 saturated carbocycles. The summed E-state index contributed by atoms with van der Waals surface area (Å²) < 4.78 is 0. The highest BCUT2D eigenvalue weighted by Gasteiger charge is 2.10. The zero-order valence-corrected chi connectivity index (χ0v) is 15.4. The third kappa shape index (κ3) is 5.22. The first-order chi connectivity index (χ1) is 13.0. The monoisotopic (exact) mass is 382 g/mol. The van der Waals surface area contributed by atoms with Crippen LogP contribution in [0.5, 0.6) is 0 Å². The third-order valence-corrected chi connectivity index (χ3v) is 3.84. The van der Waals surface area contributed by atoms with Crippen molar-refractivity contribution in [3.05, 3.63) is 65.6 Å². The molecular weight excluding hydrogens is 364 g/mol. The number of rotatable bonds is 6. The van der Waals surface area contributed by atoms with E-state index in [9.17, 15) is 4.79 Å². The predicted octanol–water partition coefficient (Wildman–Crippen LogP) is 3.01. The molecule has 1 aromatic carbocycles. The molecule has 0 radical (unpaired) electrons. The summed E-state index contributed by atoms with van der Waals surface area (Å²) in [5.74, 6) is 0.148. The summed E-state index contributed by atoms with van der Waals surface area (Å²) in [6.07, 6.45) is 3.22. The van der Waals surface area contributed by atoms with Crippen molar-refractivity contribution < 1.29 is 4.79 Å². The van der Waals surface area contributed by atoms with Crippen LogP contribution >= 0.6 is 11.6 Å². The molecule has 2 heterocycles. The van der Waals surface area contributed by atoms with Crippen LogP contribution in [0.2, 0.25) is 5.02 Å². The number of pyridine rings is 1. The van der Waals surface area contributed by atoms with Gasteiger partial charge in [0.1, 0.15) is 5.69 Å². The van der Waals surface area contributed by atoms with Gasteiger partial charge in [-0.2, -0.15) is 0 Å². The van der Waals surface area contributed by atoms with E-state index in [4.69, 9.17) is 17.3 Å². The molecule has 3 rings (SSSR count). The largest absolute Gasteiger partial charge is 0.349 e. The minimum Gasteiger partial charge on any atom is -0.349 e. The topological polar surface area (TPSA) is 106 Å². The number of nitrogens with one attached hydrogen (secondary N) is 2. The Labute approximate surface area is 162 Å². The number of nitrogens with two attached hydrogens (primary N) is 1. The zero-order valence-electron chi connectivity index (χ0n) is 14.7. The van der Waals surface area contributed by atoms with Gasteiger partial charge in [-0.05, 0) is 43.3 Å². The van der Waals surface area contributed by atoms with Gasteiger partial charge < -0.3 is 16.4 Å². The lowest BCUT2D eigenvalue weighted by Crippen LogP contribution is -2.35. The first-order valence-corrected chi connectivity index (χ1v) is 8.75. The molecule has 8 heteroatoms. The van der Waals surface area contributed by atoms with Gasteiger partial charge in [0.05, 0.1) is 5.69 Å². The predicted molar refractivity (Wildman–Crippen MR) is 106 cm³/mol. The van der Waals surface area contributed by atoms with Crippen LogP contribution < -0.4 is 16.4 Å². The molecule has 0 fully saturated rings. The number of nitrogens with zero attached hydrogens (tertiary/aromatic N) is 3. The molecule has 0 saturated heterocycles. The number of hydrogen-bond donors (Lipinski definition) is 3. The lowest BCUT2D eigenvalue weighted by atomic mass is 10.1. The van der Waals surface area contributed by atoms with Crippen molar-refractivity contribution in [2.24, 2.45) is 5.73 Å². The number of amides is 1. The number of hydrogen-bond acceptors (Lipinski definition) is 6. The van der Waals surface area contributed by atoms with Crippen molar-refractivity contribution in [1.29, 1.82) is 0 Å². The van der Waals surface area contributed by atoms with E-state index in [-0.39, 0.29) is 11.9 Å². The quantitative estimate of drug-likeness (QED) is 0.605. The standard InChI is InChI=1S/C19H19ClN6O/c1-12(21)11-24-18(27)17-9-13(5-7-22-17)16-6-8-23-19(26-16)25-15-4-2-3-14(20)10-15/h2-10,12H,11,21H2,1H3,(H,24,27)(H,23,25,26)/t12-/m1/s1. The Hall–Kier alpha value is -3.03. The minimum atomic E-state index is -0.277. The first-order valence-electron chi connectivity index (χ1n) is 8.37. The van der Waals surface area contributed by atoms with Crippen molar-refractivity contribution in [1.82, 2.24) is 20.3 Å². The maximum atomic E-state index is 12.2. The maximum Gasteiger partial charge on any atom is 0.269 e. The second-order valence-corrected chi connectivity index (χ2v) is 6.45. The summed E-state index contributed by atoms with van der Waals surface area (Å²) >= 11 is 6.00. The fraction of sp³-hybridized carbons (Fsp3) is 0.158. The molecule has 0 spiro atoms. The smallest absolute Gasteiger partial charge is 0.269 e. The van der Waals surface area contributed by atoms with E-state index in [2.05, 4.69) is 25.6 Å². The highest BCUT2D eigenvalue weighted by Crippen LogP contribution is 2.21. The maximum absolute atomic E-state index is 12.2. The van der Waals surface area contributed by atoms with Crippen LogP contribution in [0.4, 0.5) is 11.6 Å². The van der Waals surface area contributed by atoms with Crippen LogP contribution in [-0.4, -0.2) is 33.4 Å². The molecule has 0 bridgehead atoms. The average Bonchev–Trinajstić information content (AvgIpc) is 2.66. The molecule has 1 atom stereocenters. The van der Waals surface area contributed by atoms with E-state index in [0.717, 1.165) is 11.3 Å². The molecule has 1 amide bonds. The number of benzene rings is 1. The van der Waals surface area contributed by atoms with Gasteiger partial charge >= 0.3 is 0 Å². The van der Waals surface area contributed by atoms with E-state index < -0.39 is 0 Å². The molecule has 27 heavy (non-hydrogen) atoms. The van der Waals surface area contributed by atoms with Crippen LogP contribution in [0.3, 0.4) is 0 Å². The van der Waals surface area contributed by atoms with Crippen LogP contribution in [-0.2, 0) is 0 Å². The van der Waals surface area contributed by atoms with E-state index in [0.29, 0.717) is 28.9 Å². The molecule has 4 N–H and O–H groups in total. The highest BCUT2D eigenvalue weighted by atomic mass is 35.5. The Bertz CT molecular complexity index is 947. The van der Waals surface area contributed by atoms with Crippen LogP contribution in [0.15, 0.2) is 54.9 Å². The fourth-order valence-corrected chi connectivity index (χ4v) is 2.52. The van der Waals surface area contributed by atoms with Gasteiger partial charge in [0.15, 0.2) is 0 Å². The number of aromatic nitrogens is 3. The lowest BCUT2D eigenvalue weighted by molar-refractivity contribution is 0.0947. The Balaban J connectivity index is 1.80. The number of anilines is 2. The molecule has 0 aliphatic carbocycles. The molecule has 0 aliphatic rings. The summed E-state index contributed by atoms with van der Waals surface area (Å²) in [5, 5.41) is 6.47. The summed E-state index contributed by atoms with van der Waals surface area (Å²) in [7, 11) is 0. The van der Waals surface area contributed by atoms with Crippen LogP contribution in [0.1, 0.15) is 17.4 Å².